The number of hydrogen-bond acceptors (Lipinski definition) is 2. The Labute approximate surface area is 122 Å². The van der Waals surface area contributed by atoms with Crippen LogP contribution in [-0.2, 0) is 4.79 Å². The van der Waals surface area contributed by atoms with Gasteiger partial charge in [0, 0.05) is 18.4 Å². The number of hydrogen-bond donors (Lipinski definition) is 0. The second-order valence-corrected chi connectivity index (χ2v) is 6.39. The summed E-state index contributed by atoms with van der Waals surface area (Å²) >= 11 is 0. The molecule has 20 heavy (non-hydrogen) atoms. The molecule has 0 aliphatic heterocycles. The number of Topliss-reactive ketones (excluding diaryl/α,β-unsaturated/α-hetero) is 2. The topological polar surface area (TPSA) is 34.1 Å². The van der Waals surface area contributed by atoms with Gasteiger partial charge in [-0.3, -0.25) is 4.79 Å². The molecule has 0 aliphatic rings. The van der Waals surface area contributed by atoms with E-state index in [1.165, 1.54) is 0 Å². The number of rotatable bonds is 9. The minimum atomic E-state index is 0.0925. The van der Waals surface area contributed by atoms with Crippen molar-refractivity contribution in [3.63, 3.8) is 0 Å². The van der Waals surface area contributed by atoms with E-state index in [0.29, 0.717) is 12.8 Å². The Hall–Kier alpha value is -1.44. The lowest BCUT2D eigenvalue weighted by molar-refractivity contribution is -0.118. The first-order valence-electron chi connectivity index (χ1n) is 7.48. The average molecular weight is 274 g/mol. The maximum absolute atomic E-state index is 11.9. The number of carbonyl (C=O) groups excluding carboxylic acids is 2. The molecule has 2 nitrogen and oxygen atoms in total. The second kappa shape index (κ2) is 7.98. The van der Waals surface area contributed by atoms with E-state index in [-0.39, 0.29) is 17.0 Å². The Morgan fingerprint density at radius 2 is 1.65 bits per heavy atom. The molecule has 0 atom stereocenters. The monoisotopic (exact) mass is 274 g/mol. The third-order valence-corrected chi connectivity index (χ3v) is 3.58. The minimum absolute atomic E-state index is 0.0925. The molecule has 0 unspecified atom stereocenters. The van der Waals surface area contributed by atoms with Crippen molar-refractivity contribution in [1.82, 2.24) is 0 Å². The standard InChI is InChI=1S/C18H26O2/c1-15(19)14-18(2,3)13-9-5-8-12-17(20)16-10-6-4-7-11-16/h4,6-7,10-11H,5,8-9,12-14H2,1-3H3. The highest BCUT2D eigenvalue weighted by Crippen LogP contribution is 2.28. The van der Waals surface area contributed by atoms with Crippen molar-refractivity contribution in [2.75, 3.05) is 0 Å². The van der Waals surface area contributed by atoms with Crippen LogP contribution in [-0.4, -0.2) is 11.6 Å². The SMILES string of the molecule is CC(=O)CC(C)(C)CCCCCC(=O)c1ccccc1. The van der Waals surface area contributed by atoms with Crippen LogP contribution in [0.4, 0.5) is 0 Å². The highest BCUT2D eigenvalue weighted by molar-refractivity contribution is 5.95. The van der Waals surface area contributed by atoms with Crippen molar-refractivity contribution in [3.05, 3.63) is 35.9 Å². The molecule has 0 saturated heterocycles. The molecule has 0 saturated carbocycles. The fourth-order valence-electron chi connectivity index (χ4n) is 2.60. The maximum atomic E-state index is 11.9. The van der Waals surface area contributed by atoms with E-state index < -0.39 is 0 Å². The summed E-state index contributed by atoms with van der Waals surface area (Å²) in [4.78, 5) is 23.1. The maximum Gasteiger partial charge on any atom is 0.162 e. The quantitative estimate of drug-likeness (QED) is 0.477. The van der Waals surface area contributed by atoms with E-state index in [2.05, 4.69) is 13.8 Å². The number of benzene rings is 1. The fraction of sp³-hybridized carbons (Fsp3) is 0.556. The zero-order valence-corrected chi connectivity index (χ0v) is 12.9. The van der Waals surface area contributed by atoms with Gasteiger partial charge in [-0.2, -0.15) is 0 Å². The zero-order valence-electron chi connectivity index (χ0n) is 12.9. The van der Waals surface area contributed by atoms with Gasteiger partial charge in [0.25, 0.3) is 0 Å². The molecule has 0 N–H and O–H groups in total. The number of unbranched alkanes of at least 4 members (excludes halogenated alkanes) is 2. The van der Waals surface area contributed by atoms with Gasteiger partial charge in [-0.05, 0) is 25.2 Å². The summed E-state index contributed by atoms with van der Waals surface area (Å²) in [6.07, 6.45) is 5.39. The van der Waals surface area contributed by atoms with Crippen LogP contribution in [0.3, 0.4) is 0 Å². The first-order valence-corrected chi connectivity index (χ1v) is 7.48. The molecule has 0 spiro atoms. The molecule has 0 amide bonds. The van der Waals surface area contributed by atoms with Gasteiger partial charge in [0.15, 0.2) is 5.78 Å². The molecule has 1 rings (SSSR count). The van der Waals surface area contributed by atoms with Crippen molar-refractivity contribution in [2.45, 2.75) is 59.3 Å². The summed E-state index contributed by atoms with van der Waals surface area (Å²) in [5, 5.41) is 0. The van der Waals surface area contributed by atoms with Crippen LogP contribution in [0.5, 0.6) is 0 Å². The van der Waals surface area contributed by atoms with E-state index >= 15 is 0 Å². The lowest BCUT2D eigenvalue weighted by Crippen LogP contribution is -2.15. The van der Waals surface area contributed by atoms with Crippen LogP contribution in [0.1, 0.15) is 69.7 Å². The lowest BCUT2D eigenvalue weighted by Gasteiger charge is -2.22. The van der Waals surface area contributed by atoms with Gasteiger partial charge < -0.3 is 4.79 Å². The van der Waals surface area contributed by atoms with E-state index in [0.717, 1.165) is 31.2 Å². The first kappa shape index (κ1) is 16.6. The first-order chi connectivity index (χ1) is 9.41. The van der Waals surface area contributed by atoms with Gasteiger partial charge in [-0.25, -0.2) is 0 Å². The largest absolute Gasteiger partial charge is 0.300 e. The Bertz CT molecular complexity index is 432. The van der Waals surface area contributed by atoms with Crippen molar-refractivity contribution in [2.24, 2.45) is 5.41 Å². The molecule has 1 aromatic rings. The summed E-state index contributed by atoms with van der Waals surface area (Å²) in [7, 11) is 0. The van der Waals surface area contributed by atoms with Crippen LogP contribution in [0, 0.1) is 5.41 Å². The highest BCUT2D eigenvalue weighted by atomic mass is 16.1. The summed E-state index contributed by atoms with van der Waals surface area (Å²) in [5.41, 5.74) is 0.902. The van der Waals surface area contributed by atoms with Gasteiger partial charge in [0.05, 0.1) is 0 Å². The van der Waals surface area contributed by atoms with Gasteiger partial charge in [0.2, 0.25) is 0 Å². The van der Waals surface area contributed by atoms with Crippen LogP contribution >= 0.6 is 0 Å². The molecule has 0 aromatic heterocycles. The van der Waals surface area contributed by atoms with Crippen molar-refractivity contribution in [1.29, 1.82) is 0 Å². The molecule has 0 fully saturated rings. The van der Waals surface area contributed by atoms with Crippen molar-refractivity contribution < 1.29 is 9.59 Å². The van der Waals surface area contributed by atoms with Crippen LogP contribution in [0.25, 0.3) is 0 Å². The van der Waals surface area contributed by atoms with Crippen molar-refractivity contribution >= 4 is 11.6 Å². The average Bonchev–Trinajstić information content (AvgIpc) is 2.37. The molecular weight excluding hydrogens is 248 g/mol. The smallest absolute Gasteiger partial charge is 0.162 e. The van der Waals surface area contributed by atoms with Gasteiger partial charge in [0.1, 0.15) is 5.78 Å². The van der Waals surface area contributed by atoms with Gasteiger partial charge in [-0.15, -0.1) is 0 Å². The summed E-state index contributed by atoms with van der Waals surface area (Å²) in [6.45, 7) is 5.94. The number of carbonyl (C=O) groups is 2. The molecule has 2 heteroatoms. The lowest BCUT2D eigenvalue weighted by atomic mass is 9.82. The molecule has 0 bridgehead atoms. The summed E-state index contributed by atoms with van der Waals surface area (Å²) < 4.78 is 0. The van der Waals surface area contributed by atoms with Crippen LogP contribution in [0.15, 0.2) is 30.3 Å². The summed E-state index contributed by atoms with van der Waals surface area (Å²) in [5.74, 6) is 0.489. The van der Waals surface area contributed by atoms with Crippen LogP contribution < -0.4 is 0 Å². The fourth-order valence-corrected chi connectivity index (χ4v) is 2.60. The zero-order chi connectivity index (χ0) is 15.0. The Kier molecular flexibility index (Phi) is 6.63. The minimum Gasteiger partial charge on any atom is -0.300 e. The van der Waals surface area contributed by atoms with Gasteiger partial charge in [-0.1, -0.05) is 57.0 Å². The third kappa shape index (κ3) is 6.65. The molecule has 0 heterocycles. The second-order valence-electron chi connectivity index (χ2n) is 6.39. The Morgan fingerprint density at radius 1 is 1.00 bits per heavy atom. The van der Waals surface area contributed by atoms with E-state index in [1.807, 2.05) is 30.3 Å². The predicted octanol–water partition coefficient (Wildman–Crippen LogP) is 4.83. The van der Waals surface area contributed by atoms with Crippen LogP contribution in [0.2, 0.25) is 0 Å². The van der Waals surface area contributed by atoms with E-state index in [9.17, 15) is 9.59 Å². The van der Waals surface area contributed by atoms with E-state index in [1.54, 1.807) is 6.92 Å². The number of ketones is 2. The van der Waals surface area contributed by atoms with E-state index in [4.69, 9.17) is 0 Å². The molecule has 110 valence electrons. The predicted molar refractivity (Wildman–Crippen MR) is 82.9 cm³/mol. The third-order valence-electron chi connectivity index (χ3n) is 3.58. The molecule has 0 radical (unpaired) electrons. The molecule has 0 aliphatic carbocycles. The Morgan fingerprint density at radius 3 is 2.25 bits per heavy atom. The molecule has 1 aromatic carbocycles. The van der Waals surface area contributed by atoms with Gasteiger partial charge >= 0.3 is 0 Å². The normalized spacial score (nSPS) is 11.3. The Balaban J connectivity index is 2.19. The summed E-state index contributed by atoms with van der Waals surface area (Å²) in [6, 6.07) is 9.47. The van der Waals surface area contributed by atoms with Crippen molar-refractivity contribution in [3.8, 4) is 0 Å². The molecular formula is C18H26O2. The highest BCUT2D eigenvalue weighted by Gasteiger charge is 2.19.